The molecule has 0 spiro atoms. The van der Waals surface area contributed by atoms with E-state index in [1.807, 2.05) is 10.8 Å². The normalized spacial score (nSPS) is 10.9. The van der Waals surface area contributed by atoms with Crippen molar-refractivity contribution in [3.05, 3.63) is 98.6 Å². The Morgan fingerprint density at radius 3 is 1.72 bits per heavy atom. The lowest BCUT2D eigenvalue weighted by atomic mass is 10.2. The molecule has 0 N–H and O–H groups in total. The lowest BCUT2D eigenvalue weighted by Gasteiger charge is -2.17. The van der Waals surface area contributed by atoms with E-state index in [0.717, 1.165) is 29.2 Å². The molecule has 10 heteroatoms. The summed E-state index contributed by atoms with van der Waals surface area (Å²) < 4.78 is 2.23. The maximum absolute atomic E-state index is 10.8. The van der Waals surface area contributed by atoms with E-state index < -0.39 is 9.85 Å². The van der Waals surface area contributed by atoms with Gasteiger partial charge in [0, 0.05) is 54.7 Å². The van der Waals surface area contributed by atoms with Crippen LogP contribution in [0.3, 0.4) is 0 Å². The Morgan fingerprint density at radius 1 is 0.862 bits per heavy atom. The molecule has 0 atom stereocenters. The molecule has 0 saturated carbocycles. The largest absolute Gasteiger partial charge is 0.336 e. The number of imidazole rings is 1. The second-order valence-corrected chi connectivity index (χ2v) is 8.84. The van der Waals surface area contributed by atoms with E-state index in [1.54, 1.807) is 60.3 Å². The fourth-order valence-corrected chi connectivity index (χ4v) is 5.02. The van der Waals surface area contributed by atoms with Crippen LogP contribution in [0.15, 0.2) is 67.3 Å². The topological polar surface area (TPSA) is 104 Å². The predicted molar refractivity (Wildman–Crippen MR) is 115 cm³/mol. The van der Waals surface area contributed by atoms with Gasteiger partial charge in [-0.2, -0.15) is 0 Å². The number of nitro groups is 2. The molecule has 8 nitrogen and oxygen atoms in total. The Balaban J connectivity index is 1.61. The molecule has 29 heavy (non-hydrogen) atoms. The summed E-state index contributed by atoms with van der Waals surface area (Å²) in [5.41, 5.74) is 2.21. The molecule has 0 amide bonds. The monoisotopic (exact) mass is 430 g/mol. The lowest BCUT2D eigenvalue weighted by Crippen LogP contribution is -2.09. The van der Waals surface area contributed by atoms with Crippen molar-refractivity contribution in [2.45, 2.75) is 22.6 Å². The number of rotatable bonds is 10. The summed E-state index contributed by atoms with van der Waals surface area (Å²) in [4.78, 5) is 24.8. The smallest absolute Gasteiger partial charge is 0.269 e. The van der Waals surface area contributed by atoms with Gasteiger partial charge in [-0.15, -0.1) is 23.5 Å². The van der Waals surface area contributed by atoms with E-state index in [-0.39, 0.29) is 16.0 Å². The van der Waals surface area contributed by atoms with Gasteiger partial charge in [-0.1, -0.05) is 24.3 Å². The first-order valence-corrected chi connectivity index (χ1v) is 10.8. The van der Waals surface area contributed by atoms with E-state index in [0.29, 0.717) is 0 Å². The number of nitrogens with zero attached hydrogens (tertiary/aromatic N) is 4. The van der Waals surface area contributed by atoms with Crippen molar-refractivity contribution in [2.75, 3.05) is 0 Å². The van der Waals surface area contributed by atoms with Crippen LogP contribution in [0.4, 0.5) is 11.4 Å². The van der Waals surface area contributed by atoms with Crippen molar-refractivity contribution in [3.8, 4) is 0 Å². The molecule has 2 aromatic carbocycles. The molecule has 0 saturated heterocycles. The lowest BCUT2D eigenvalue weighted by molar-refractivity contribution is -0.385. The van der Waals surface area contributed by atoms with Crippen molar-refractivity contribution in [1.29, 1.82) is 0 Å². The van der Waals surface area contributed by atoms with E-state index in [9.17, 15) is 20.2 Å². The molecule has 3 aromatic rings. The first-order valence-electron chi connectivity index (χ1n) is 8.67. The van der Waals surface area contributed by atoms with E-state index in [4.69, 9.17) is 0 Å². The first-order chi connectivity index (χ1) is 14.0. The Hall–Kier alpha value is -2.85. The summed E-state index contributed by atoms with van der Waals surface area (Å²) in [6.07, 6.45) is 5.41. The van der Waals surface area contributed by atoms with E-state index in [2.05, 4.69) is 4.98 Å². The maximum Gasteiger partial charge on any atom is 0.269 e. The summed E-state index contributed by atoms with van der Waals surface area (Å²) in [7, 11) is 0. The van der Waals surface area contributed by atoms with Crippen LogP contribution in [-0.2, 0) is 18.1 Å². The summed E-state index contributed by atoms with van der Waals surface area (Å²) in [6.45, 7) is 0.759. The minimum absolute atomic E-state index is 0.0845. The van der Waals surface area contributed by atoms with Gasteiger partial charge in [-0.25, -0.2) is 4.98 Å². The fourth-order valence-electron chi connectivity index (χ4n) is 2.53. The molecule has 150 valence electrons. The number of benzene rings is 2. The van der Waals surface area contributed by atoms with Crippen molar-refractivity contribution >= 4 is 34.9 Å². The summed E-state index contributed by atoms with van der Waals surface area (Å²) in [5.74, 6) is 1.45. The first kappa shape index (κ1) is 20.9. The highest BCUT2D eigenvalue weighted by molar-refractivity contribution is 8.16. The van der Waals surface area contributed by atoms with Gasteiger partial charge in [0.1, 0.15) is 0 Å². The van der Waals surface area contributed by atoms with Gasteiger partial charge < -0.3 is 4.57 Å². The number of thioether (sulfide) groups is 2. The number of nitro benzene ring substituents is 2. The van der Waals surface area contributed by atoms with Crippen LogP contribution in [0.25, 0.3) is 0 Å². The third-order valence-electron chi connectivity index (χ3n) is 4.09. The van der Waals surface area contributed by atoms with Crippen LogP contribution in [0, 0.1) is 20.2 Å². The highest BCUT2D eigenvalue weighted by Crippen LogP contribution is 2.31. The average molecular weight is 431 g/mol. The molecule has 0 radical (unpaired) electrons. The van der Waals surface area contributed by atoms with Crippen LogP contribution in [0.1, 0.15) is 11.1 Å². The second-order valence-electron chi connectivity index (χ2n) is 6.16. The quantitative estimate of drug-likeness (QED) is 0.256. The fraction of sp³-hybridized carbons (Fsp3) is 0.211. The third-order valence-corrected chi connectivity index (χ3v) is 6.94. The molecule has 0 fully saturated rings. The van der Waals surface area contributed by atoms with Crippen LogP contribution in [-0.4, -0.2) is 24.0 Å². The second kappa shape index (κ2) is 10.1. The Labute approximate surface area is 175 Å². The Bertz CT molecular complexity index is 886. The minimum atomic E-state index is -0.404. The average Bonchev–Trinajstić information content (AvgIpc) is 3.23. The third kappa shape index (κ3) is 6.33. The summed E-state index contributed by atoms with van der Waals surface area (Å²) in [5, 5.41) is 21.6. The van der Waals surface area contributed by atoms with Crippen LogP contribution in [0.5, 0.6) is 0 Å². The molecule has 0 aliphatic carbocycles. The number of aromatic nitrogens is 2. The van der Waals surface area contributed by atoms with Gasteiger partial charge in [0.2, 0.25) is 0 Å². The number of non-ortho nitro benzene ring substituents is 2. The zero-order valence-corrected chi connectivity index (χ0v) is 16.9. The summed E-state index contributed by atoms with van der Waals surface area (Å²) in [6, 6.07) is 13.2. The molecule has 3 rings (SSSR count). The van der Waals surface area contributed by atoms with Crippen molar-refractivity contribution in [2.24, 2.45) is 0 Å². The van der Waals surface area contributed by atoms with E-state index in [1.165, 1.54) is 24.3 Å². The predicted octanol–water partition coefficient (Wildman–Crippen LogP) is 4.89. The van der Waals surface area contributed by atoms with Crippen LogP contribution >= 0.6 is 23.5 Å². The standard InChI is InChI=1S/C19H18N4O4S2/c24-22(25)17-5-1-15(2-6-17)12-28-19(11-21-10-9-20-14-21)29-13-16-3-7-18(8-4-16)23(26)27/h1-10,14,19H,11-13H2. The molecule has 0 aliphatic rings. The van der Waals surface area contributed by atoms with Crippen molar-refractivity contribution < 1.29 is 9.85 Å². The molecule has 0 bridgehead atoms. The highest BCUT2D eigenvalue weighted by Gasteiger charge is 2.13. The SMILES string of the molecule is O=[N+]([O-])c1ccc(CSC(Cn2ccnc2)SCc2ccc([N+](=O)[O-])cc2)cc1. The van der Waals surface area contributed by atoms with Gasteiger partial charge >= 0.3 is 0 Å². The molecular formula is C19H18N4O4S2. The van der Waals surface area contributed by atoms with Gasteiger partial charge in [0.15, 0.2) is 0 Å². The number of hydrogen-bond acceptors (Lipinski definition) is 7. The zero-order valence-electron chi connectivity index (χ0n) is 15.3. The van der Waals surface area contributed by atoms with Crippen LogP contribution < -0.4 is 0 Å². The Morgan fingerprint density at radius 2 is 1.34 bits per heavy atom. The zero-order chi connectivity index (χ0) is 20.6. The van der Waals surface area contributed by atoms with E-state index >= 15 is 0 Å². The highest BCUT2D eigenvalue weighted by atomic mass is 32.2. The van der Waals surface area contributed by atoms with Gasteiger partial charge in [-0.3, -0.25) is 20.2 Å². The molecule has 0 aliphatic heterocycles. The molecule has 1 aromatic heterocycles. The molecule has 0 unspecified atom stereocenters. The van der Waals surface area contributed by atoms with Crippen molar-refractivity contribution in [1.82, 2.24) is 9.55 Å². The molecule has 1 heterocycles. The van der Waals surface area contributed by atoms with Crippen molar-refractivity contribution in [3.63, 3.8) is 0 Å². The minimum Gasteiger partial charge on any atom is -0.336 e. The van der Waals surface area contributed by atoms with Gasteiger partial charge in [0.05, 0.1) is 20.8 Å². The summed E-state index contributed by atoms with van der Waals surface area (Å²) >= 11 is 3.50. The van der Waals surface area contributed by atoms with Crippen LogP contribution in [0.2, 0.25) is 0 Å². The molecular weight excluding hydrogens is 412 g/mol. The maximum atomic E-state index is 10.8. The van der Waals surface area contributed by atoms with Gasteiger partial charge in [-0.05, 0) is 11.1 Å². The number of hydrogen-bond donors (Lipinski definition) is 0. The van der Waals surface area contributed by atoms with Gasteiger partial charge in [0.25, 0.3) is 11.4 Å². The Kier molecular flexibility index (Phi) is 7.25.